The lowest BCUT2D eigenvalue weighted by molar-refractivity contribution is -0.385. The van der Waals surface area contributed by atoms with Crippen LogP contribution in [-0.4, -0.2) is 43.0 Å². The van der Waals surface area contributed by atoms with Gasteiger partial charge in [0.05, 0.1) is 43.0 Å². The minimum Gasteiger partial charge on any atom is -0.493 e. The number of thiophene rings is 1. The molecule has 33 heavy (non-hydrogen) atoms. The average Bonchev–Trinajstić information content (AvgIpc) is 3.33. The minimum absolute atomic E-state index is 0.0165. The molecule has 0 fully saturated rings. The SMILES string of the molecule is COc1cc2c(cc1OC)[C@H](c1cccs1)N(CC(=O)Nc1cccc([N+](=O)[O-])c1C)CC2. The molecule has 3 aromatic rings. The summed E-state index contributed by atoms with van der Waals surface area (Å²) in [4.78, 5) is 27.0. The minimum atomic E-state index is -0.443. The monoisotopic (exact) mass is 467 g/mol. The Bertz CT molecular complexity index is 1180. The zero-order valence-corrected chi connectivity index (χ0v) is 19.5. The quantitative estimate of drug-likeness (QED) is 0.404. The van der Waals surface area contributed by atoms with Crippen molar-refractivity contribution in [2.75, 3.05) is 32.6 Å². The van der Waals surface area contributed by atoms with Gasteiger partial charge in [-0.15, -0.1) is 11.3 Å². The molecule has 1 N–H and O–H groups in total. The van der Waals surface area contributed by atoms with Gasteiger partial charge < -0.3 is 14.8 Å². The first-order chi connectivity index (χ1) is 15.9. The van der Waals surface area contributed by atoms with E-state index in [0.29, 0.717) is 29.3 Å². The topological polar surface area (TPSA) is 93.9 Å². The van der Waals surface area contributed by atoms with E-state index in [-0.39, 0.29) is 24.2 Å². The number of ether oxygens (including phenoxy) is 2. The van der Waals surface area contributed by atoms with Gasteiger partial charge in [0.2, 0.25) is 5.91 Å². The van der Waals surface area contributed by atoms with Crippen LogP contribution in [0.2, 0.25) is 0 Å². The second kappa shape index (κ2) is 9.60. The fourth-order valence-electron chi connectivity index (χ4n) is 4.28. The average molecular weight is 468 g/mol. The number of carbonyl (C=O) groups is 1. The van der Waals surface area contributed by atoms with E-state index in [1.54, 1.807) is 44.6 Å². The predicted molar refractivity (Wildman–Crippen MR) is 127 cm³/mol. The highest BCUT2D eigenvalue weighted by Crippen LogP contribution is 2.42. The Kier molecular flexibility index (Phi) is 6.62. The first-order valence-corrected chi connectivity index (χ1v) is 11.4. The molecule has 1 aromatic heterocycles. The number of nitro groups is 1. The Hall–Kier alpha value is -3.43. The van der Waals surface area contributed by atoms with E-state index in [1.165, 1.54) is 6.07 Å². The lowest BCUT2D eigenvalue weighted by Crippen LogP contribution is -2.41. The fourth-order valence-corrected chi connectivity index (χ4v) is 5.16. The Labute approximate surface area is 195 Å². The number of nitrogens with one attached hydrogen (secondary N) is 1. The van der Waals surface area contributed by atoms with Crippen LogP contribution in [0.1, 0.15) is 27.6 Å². The third-order valence-corrected chi connectivity index (χ3v) is 6.83. The second-order valence-corrected chi connectivity index (χ2v) is 8.78. The summed E-state index contributed by atoms with van der Waals surface area (Å²) in [5, 5.41) is 16.1. The van der Waals surface area contributed by atoms with Crippen LogP contribution in [0, 0.1) is 17.0 Å². The van der Waals surface area contributed by atoms with E-state index >= 15 is 0 Å². The van der Waals surface area contributed by atoms with Crippen molar-refractivity contribution in [3.8, 4) is 11.5 Å². The number of nitrogens with zero attached hydrogens (tertiary/aromatic N) is 2. The molecule has 172 valence electrons. The van der Waals surface area contributed by atoms with Crippen LogP contribution in [0.25, 0.3) is 0 Å². The lowest BCUT2D eigenvalue weighted by atomic mass is 9.91. The molecular formula is C24H25N3O5S. The molecule has 2 heterocycles. The van der Waals surface area contributed by atoms with Crippen molar-refractivity contribution < 1.29 is 19.2 Å². The summed E-state index contributed by atoms with van der Waals surface area (Å²) in [7, 11) is 3.23. The predicted octanol–water partition coefficient (Wildman–Crippen LogP) is 4.57. The number of fused-ring (bicyclic) bond motifs is 1. The van der Waals surface area contributed by atoms with Crippen molar-refractivity contribution in [3.63, 3.8) is 0 Å². The van der Waals surface area contributed by atoms with Crippen LogP contribution in [0.15, 0.2) is 47.8 Å². The van der Waals surface area contributed by atoms with Crippen molar-refractivity contribution in [3.05, 3.63) is 79.5 Å². The molecular weight excluding hydrogens is 442 g/mol. The van der Waals surface area contributed by atoms with Crippen molar-refractivity contribution >= 4 is 28.6 Å². The first kappa shape index (κ1) is 22.8. The van der Waals surface area contributed by atoms with Crippen LogP contribution in [0.4, 0.5) is 11.4 Å². The van der Waals surface area contributed by atoms with E-state index in [4.69, 9.17) is 9.47 Å². The molecule has 2 aromatic carbocycles. The summed E-state index contributed by atoms with van der Waals surface area (Å²) in [6.45, 7) is 2.48. The van der Waals surface area contributed by atoms with Gasteiger partial charge in [-0.1, -0.05) is 12.1 Å². The number of amides is 1. The number of rotatable bonds is 7. The van der Waals surface area contributed by atoms with Gasteiger partial charge in [-0.25, -0.2) is 0 Å². The van der Waals surface area contributed by atoms with Gasteiger partial charge >= 0.3 is 0 Å². The van der Waals surface area contributed by atoms with E-state index in [1.807, 2.05) is 23.6 Å². The number of methoxy groups -OCH3 is 2. The Morgan fingerprint density at radius 1 is 1.21 bits per heavy atom. The van der Waals surface area contributed by atoms with Crippen LogP contribution >= 0.6 is 11.3 Å². The molecule has 9 heteroatoms. The van der Waals surface area contributed by atoms with Gasteiger partial charge in [0, 0.05) is 17.5 Å². The number of anilines is 1. The smallest absolute Gasteiger partial charge is 0.274 e. The number of nitro benzene ring substituents is 1. The molecule has 1 aliphatic rings. The van der Waals surface area contributed by atoms with Gasteiger partial charge in [0.25, 0.3) is 5.69 Å². The third-order valence-electron chi connectivity index (χ3n) is 5.91. The first-order valence-electron chi connectivity index (χ1n) is 10.5. The highest BCUT2D eigenvalue weighted by molar-refractivity contribution is 7.10. The molecule has 0 aliphatic carbocycles. The maximum absolute atomic E-state index is 13.0. The zero-order valence-electron chi connectivity index (χ0n) is 18.7. The standard InChI is InChI=1S/C24H25N3O5S/c1-15-18(6-4-7-19(15)27(29)30)25-23(28)14-26-10-9-16-12-20(31-2)21(32-3)13-17(16)24(26)22-8-5-11-33-22/h4-8,11-13,24H,9-10,14H2,1-3H3,(H,25,28)/t24-/m1/s1. The summed E-state index contributed by atoms with van der Waals surface area (Å²) in [6, 6.07) is 12.7. The third kappa shape index (κ3) is 4.55. The molecule has 0 saturated carbocycles. The number of benzene rings is 2. The van der Waals surface area contributed by atoms with E-state index in [0.717, 1.165) is 22.4 Å². The van der Waals surface area contributed by atoms with Crippen molar-refractivity contribution in [1.82, 2.24) is 4.90 Å². The van der Waals surface area contributed by atoms with E-state index < -0.39 is 4.92 Å². The van der Waals surface area contributed by atoms with Crippen molar-refractivity contribution in [2.24, 2.45) is 0 Å². The van der Waals surface area contributed by atoms with Gasteiger partial charge in [0.15, 0.2) is 11.5 Å². The fraction of sp³-hybridized carbons (Fsp3) is 0.292. The number of hydrogen-bond donors (Lipinski definition) is 1. The highest BCUT2D eigenvalue weighted by Gasteiger charge is 2.32. The second-order valence-electron chi connectivity index (χ2n) is 7.80. The molecule has 0 radical (unpaired) electrons. The van der Waals surface area contributed by atoms with Crippen LogP contribution in [0.5, 0.6) is 11.5 Å². The number of hydrogen-bond acceptors (Lipinski definition) is 7. The summed E-state index contributed by atoms with van der Waals surface area (Å²) < 4.78 is 11.0. The Morgan fingerprint density at radius 2 is 1.97 bits per heavy atom. The lowest BCUT2D eigenvalue weighted by Gasteiger charge is -2.37. The molecule has 0 bridgehead atoms. The largest absolute Gasteiger partial charge is 0.493 e. The summed E-state index contributed by atoms with van der Waals surface area (Å²) >= 11 is 1.64. The summed E-state index contributed by atoms with van der Waals surface area (Å²) in [6.07, 6.45) is 0.765. The van der Waals surface area contributed by atoms with E-state index in [9.17, 15) is 14.9 Å². The molecule has 1 aliphatic heterocycles. The Balaban J connectivity index is 1.62. The van der Waals surface area contributed by atoms with Gasteiger partial charge in [-0.05, 0) is 54.1 Å². The van der Waals surface area contributed by atoms with Gasteiger partial charge in [-0.2, -0.15) is 0 Å². The maximum Gasteiger partial charge on any atom is 0.274 e. The summed E-state index contributed by atoms with van der Waals surface area (Å²) in [5.41, 5.74) is 3.12. The molecule has 1 atom stereocenters. The van der Waals surface area contributed by atoms with Crippen molar-refractivity contribution in [2.45, 2.75) is 19.4 Å². The van der Waals surface area contributed by atoms with Crippen LogP contribution < -0.4 is 14.8 Å². The molecule has 4 rings (SSSR count). The number of carbonyl (C=O) groups excluding carboxylic acids is 1. The Morgan fingerprint density at radius 3 is 2.64 bits per heavy atom. The molecule has 0 unspecified atom stereocenters. The zero-order chi connectivity index (χ0) is 23.5. The molecule has 1 amide bonds. The molecule has 0 saturated heterocycles. The van der Waals surface area contributed by atoms with Crippen molar-refractivity contribution in [1.29, 1.82) is 0 Å². The van der Waals surface area contributed by atoms with Crippen LogP contribution in [0.3, 0.4) is 0 Å². The van der Waals surface area contributed by atoms with E-state index in [2.05, 4.69) is 16.3 Å². The molecule has 8 nitrogen and oxygen atoms in total. The summed E-state index contributed by atoms with van der Waals surface area (Å²) in [5.74, 6) is 1.12. The normalized spacial score (nSPS) is 15.5. The van der Waals surface area contributed by atoms with Gasteiger partial charge in [-0.3, -0.25) is 19.8 Å². The van der Waals surface area contributed by atoms with Crippen LogP contribution in [-0.2, 0) is 11.2 Å². The maximum atomic E-state index is 13.0. The van der Waals surface area contributed by atoms with Gasteiger partial charge in [0.1, 0.15) is 0 Å². The highest BCUT2D eigenvalue weighted by atomic mass is 32.1. The molecule has 0 spiro atoms.